The van der Waals surface area contributed by atoms with Crippen molar-refractivity contribution >= 4 is 17.3 Å². The van der Waals surface area contributed by atoms with Gasteiger partial charge in [0.25, 0.3) is 5.56 Å². The number of aryl methyl sites for hydroxylation is 1. The first-order chi connectivity index (χ1) is 15.9. The lowest BCUT2D eigenvalue weighted by atomic mass is 10.3. The number of imidazole rings is 1. The van der Waals surface area contributed by atoms with Gasteiger partial charge in [-0.1, -0.05) is 0 Å². The molecule has 2 aliphatic rings. The summed E-state index contributed by atoms with van der Waals surface area (Å²) in [5.74, 6) is 0.751. The van der Waals surface area contributed by atoms with Gasteiger partial charge in [-0.2, -0.15) is 0 Å². The number of ether oxygens (including phenoxy) is 2. The van der Waals surface area contributed by atoms with E-state index in [0.717, 1.165) is 30.0 Å². The highest BCUT2D eigenvalue weighted by molar-refractivity contribution is 5.71. The van der Waals surface area contributed by atoms with Gasteiger partial charge >= 0.3 is 11.8 Å². The van der Waals surface area contributed by atoms with Gasteiger partial charge in [0.05, 0.1) is 26.4 Å². The molecule has 2 fully saturated rings. The predicted molar refractivity (Wildman–Crippen MR) is 121 cm³/mol. The second-order valence-electron chi connectivity index (χ2n) is 8.47. The van der Waals surface area contributed by atoms with E-state index in [9.17, 15) is 14.4 Å². The molecular formula is C21H33N7O5. The number of aromatic nitrogens is 4. The van der Waals surface area contributed by atoms with E-state index in [2.05, 4.69) is 9.80 Å². The largest absolute Gasteiger partial charge is 0.450 e. The van der Waals surface area contributed by atoms with Crippen LogP contribution in [0.5, 0.6) is 0 Å². The van der Waals surface area contributed by atoms with Crippen LogP contribution in [0.2, 0.25) is 0 Å². The molecular weight excluding hydrogens is 430 g/mol. The number of rotatable bonds is 6. The van der Waals surface area contributed by atoms with Crippen LogP contribution in [0.15, 0.2) is 9.59 Å². The highest BCUT2D eigenvalue weighted by Crippen LogP contribution is 2.15. The maximum atomic E-state index is 13.0. The number of piperazine rings is 1. The van der Waals surface area contributed by atoms with Crippen LogP contribution >= 0.6 is 0 Å². The number of carbonyl (C=O) groups is 1. The Morgan fingerprint density at radius 2 is 1.67 bits per heavy atom. The standard InChI is InChI=1S/C21H33N7O5/c1-4-33-21(31)27-8-5-26(6-9-27)15-16-22-18-17(19(29)24(3)20(30)23(18)2)28(16)10-7-25-11-13-32-14-12-25/h4-15H2,1-3H3. The van der Waals surface area contributed by atoms with Gasteiger partial charge in [-0.3, -0.25) is 23.7 Å². The van der Waals surface area contributed by atoms with Crippen LogP contribution < -0.4 is 11.2 Å². The van der Waals surface area contributed by atoms with Crippen LogP contribution in [0.1, 0.15) is 12.7 Å². The number of fused-ring (bicyclic) bond motifs is 1. The number of hydrogen-bond acceptors (Lipinski definition) is 8. The fraction of sp³-hybridized carbons (Fsp3) is 0.714. The minimum absolute atomic E-state index is 0.284. The van der Waals surface area contributed by atoms with Crippen molar-refractivity contribution in [1.82, 2.24) is 33.4 Å². The van der Waals surface area contributed by atoms with Gasteiger partial charge in [-0.25, -0.2) is 14.6 Å². The molecule has 0 saturated carbocycles. The molecule has 4 heterocycles. The normalized spacial score (nSPS) is 18.2. The summed E-state index contributed by atoms with van der Waals surface area (Å²) < 4.78 is 15.1. The van der Waals surface area contributed by atoms with E-state index < -0.39 is 0 Å². The lowest BCUT2D eigenvalue weighted by Crippen LogP contribution is -2.48. The Morgan fingerprint density at radius 1 is 0.970 bits per heavy atom. The molecule has 12 nitrogen and oxygen atoms in total. The first kappa shape index (κ1) is 23.5. The molecule has 0 atom stereocenters. The summed E-state index contributed by atoms with van der Waals surface area (Å²) in [6.07, 6.45) is -0.284. The van der Waals surface area contributed by atoms with E-state index >= 15 is 0 Å². The highest BCUT2D eigenvalue weighted by Gasteiger charge is 2.25. The van der Waals surface area contributed by atoms with Gasteiger partial charge in [0.2, 0.25) is 0 Å². The smallest absolute Gasteiger partial charge is 0.409 e. The Bertz CT molecular complexity index is 1110. The first-order valence-electron chi connectivity index (χ1n) is 11.5. The van der Waals surface area contributed by atoms with Gasteiger partial charge in [-0.05, 0) is 6.92 Å². The SMILES string of the molecule is CCOC(=O)N1CCN(Cc2nc3c(c(=O)n(C)c(=O)n3C)n2CCN2CCOCC2)CC1. The summed E-state index contributed by atoms with van der Waals surface area (Å²) in [5, 5.41) is 0. The van der Waals surface area contributed by atoms with Crippen LogP contribution in [0, 0.1) is 0 Å². The average molecular weight is 464 g/mol. The third kappa shape index (κ3) is 4.82. The lowest BCUT2D eigenvalue weighted by Gasteiger charge is -2.33. The van der Waals surface area contributed by atoms with Crippen LogP contribution in [0.25, 0.3) is 11.2 Å². The van der Waals surface area contributed by atoms with Gasteiger partial charge in [0.15, 0.2) is 11.2 Å². The third-order valence-corrected chi connectivity index (χ3v) is 6.43. The zero-order chi connectivity index (χ0) is 23.5. The van der Waals surface area contributed by atoms with E-state index in [-0.39, 0.29) is 17.3 Å². The Morgan fingerprint density at radius 3 is 2.33 bits per heavy atom. The topological polar surface area (TPSA) is 107 Å². The molecule has 0 radical (unpaired) electrons. The van der Waals surface area contributed by atoms with E-state index in [0.29, 0.717) is 70.3 Å². The van der Waals surface area contributed by atoms with Crippen molar-refractivity contribution in [3.05, 3.63) is 26.7 Å². The summed E-state index contributed by atoms with van der Waals surface area (Å²) in [4.78, 5) is 48.5. The molecule has 182 valence electrons. The van der Waals surface area contributed by atoms with Crippen LogP contribution in [-0.4, -0.2) is 105 Å². The molecule has 4 rings (SSSR count). The Hall–Kier alpha value is -2.70. The molecule has 1 amide bonds. The van der Waals surface area contributed by atoms with E-state index in [4.69, 9.17) is 14.5 Å². The van der Waals surface area contributed by atoms with Gasteiger partial charge in [0.1, 0.15) is 5.82 Å². The van der Waals surface area contributed by atoms with E-state index in [1.165, 1.54) is 11.6 Å². The number of morpholine rings is 1. The Kier molecular flexibility index (Phi) is 7.15. The fourth-order valence-corrected chi connectivity index (χ4v) is 4.42. The number of hydrogen-bond donors (Lipinski definition) is 0. The Balaban J connectivity index is 1.59. The second kappa shape index (κ2) is 10.1. The van der Waals surface area contributed by atoms with Crippen LogP contribution in [-0.2, 0) is 36.7 Å². The van der Waals surface area contributed by atoms with Crippen LogP contribution in [0.4, 0.5) is 4.79 Å². The van der Waals surface area contributed by atoms with E-state index in [1.807, 2.05) is 4.57 Å². The van der Waals surface area contributed by atoms with Crippen molar-refractivity contribution in [2.24, 2.45) is 14.1 Å². The summed E-state index contributed by atoms with van der Waals surface area (Å²) in [5.41, 5.74) is 0.138. The minimum Gasteiger partial charge on any atom is -0.450 e. The van der Waals surface area contributed by atoms with Crippen molar-refractivity contribution in [3.63, 3.8) is 0 Å². The van der Waals surface area contributed by atoms with Crippen molar-refractivity contribution in [3.8, 4) is 0 Å². The minimum atomic E-state index is -0.389. The number of nitrogens with zero attached hydrogens (tertiary/aromatic N) is 7. The maximum Gasteiger partial charge on any atom is 0.409 e. The molecule has 0 bridgehead atoms. The number of carbonyl (C=O) groups excluding carboxylic acids is 1. The molecule has 12 heteroatoms. The van der Waals surface area contributed by atoms with Gasteiger partial charge in [0, 0.05) is 66.5 Å². The quantitative estimate of drug-likeness (QED) is 0.539. The predicted octanol–water partition coefficient (Wildman–Crippen LogP) is -0.960. The zero-order valence-electron chi connectivity index (χ0n) is 19.7. The monoisotopic (exact) mass is 463 g/mol. The molecule has 2 aromatic heterocycles. The molecule has 0 aliphatic carbocycles. The van der Waals surface area contributed by atoms with Crippen LogP contribution in [0.3, 0.4) is 0 Å². The lowest BCUT2D eigenvalue weighted by molar-refractivity contribution is 0.0363. The summed E-state index contributed by atoms with van der Waals surface area (Å²) >= 11 is 0. The average Bonchev–Trinajstić information content (AvgIpc) is 3.19. The number of amides is 1. The third-order valence-electron chi connectivity index (χ3n) is 6.43. The van der Waals surface area contributed by atoms with Crippen molar-refractivity contribution < 1.29 is 14.3 Å². The fourth-order valence-electron chi connectivity index (χ4n) is 4.42. The zero-order valence-corrected chi connectivity index (χ0v) is 19.7. The molecule has 2 aromatic rings. The van der Waals surface area contributed by atoms with E-state index in [1.54, 1.807) is 18.9 Å². The summed E-state index contributed by atoms with van der Waals surface area (Å²) in [6.45, 7) is 9.70. The van der Waals surface area contributed by atoms with Crippen molar-refractivity contribution in [2.45, 2.75) is 20.0 Å². The molecule has 33 heavy (non-hydrogen) atoms. The molecule has 0 N–H and O–H groups in total. The summed E-state index contributed by atoms with van der Waals surface area (Å²) in [7, 11) is 3.14. The van der Waals surface area contributed by atoms with Gasteiger partial charge in [-0.15, -0.1) is 0 Å². The first-order valence-corrected chi connectivity index (χ1v) is 11.5. The molecule has 0 unspecified atom stereocenters. The van der Waals surface area contributed by atoms with Gasteiger partial charge < -0.3 is 18.9 Å². The molecule has 2 saturated heterocycles. The Labute approximate surface area is 191 Å². The highest BCUT2D eigenvalue weighted by atomic mass is 16.6. The molecule has 0 spiro atoms. The van der Waals surface area contributed by atoms with Crippen molar-refractivity contribution in [2.75, 3.05) is 65.6 Å². The maximum absolute atomic E-state index is 13.0. The second-order valence-corrected chi connectivity index (χ2v) is 8.47. The molecule has 0 aromatic carbocycles. The summed E-state index contributed by atoms with van der Waals surface area (Å²) in [6, 6.07) is 0. The molecule has 2 aliphatic heterocycles. The van der Waals surface area contributed by atoms with Crippen molar-refractivity contribution in [1.29, 1.82) is 0 Å².